The number of alkyl halides is 1. The lowest BCUT2D eigenvalue weighted by molar-refractivity contribution is 0.355. The molecule has 0 amide bonds. The highest BCUT2D eigenvalue weighted by Gasteiger charge is 2.19. The molecule has 0 aliphatic heterocycles. The molecule has 1 N–H and O–H groups in total. The maximum Gasteiger partial charge on any atom is 0.317 e. The molecule has 0 saturated carbocycles. The monoisotopic (exact) mass is 375 g/mol. The van der Waals surface area contributed by atoms with Gasteiger partial charge in [-0.05, 0) is 11.6 Å². The molecule has 0 fully saturated rings. The third-order valence-corrected chi connectivity index (χ3v) is 4.87. The summed E-state index contributed by atoms with van der Waals surface area (Å²) in [4.78, 5) is 7.93. The van der Waals surface area contributed by atoms with Gasteiger partial charge in [0, 0.05) is 5.56 Å². The molecule has 0 aliphatic carbocycles. The van der Waals surface area contributed by atoms with E-state index in [9.17, 15) is 8.42 Å². The van der Waals surface area contributed by atoms with Gasteiger partial charge in [-0.15, -0.1) is 0 Å². The third kappa shape index (κ3) is 4.07. The van der Waals surface area contributed by atoms with Crippen LogP contribution >= 0.6 is 11.6 Å². The van der Waals surface area contributed by atoms with Gasteiger partial charge in [0.15, 0.2) is 6.07 Å². The second-order valence-corrected chi connectivity index (χ2v) is 6.84. The van der Waals surface area contributed by atoms with E-state index in [0.717, 1.165) is 5.56 Å². The fraction of sp³-hybridized carbons (Fsp3) is 0.0588. The van der Waals surface area contributed by atoms with Crippen molar-refractivity contribution in [1.82, 2.24) is 9.97 Å². The highest BCUT2D eigenvalue weighted by atomic mass is 35.5. The minimum absolute atomic E-state index is 0.0719. The summed E-state index contributed by atoms with van der Waals surface area (Å²) in [5, 5.41) is 0. The topological polar surface area (TPSA) is 81.2 Å². The Hall–Kier alpha value is -2.64. The van der Waals surface area contributed by atoms with Gasteiger partial charge in [-0.3, -0.25) is 4.72 Å². The van der Waals surface area contributed by atoms with Crippen molar-refractivity contribution in [3.05, 3.63) is 67.0 Å². The van der Waals surface area contributed by atoms with Crippen LogP contribution in [0.3, 0.4) is 0 Å². The molecule has 0 spiro atoms. The molecule has 0 atom stereocenters. The zero-order valence-electron chi connectivity index (χ0n) is 13.0. The molecule has 1 aromatic heterocycles. The van der Waals surface area contributed by atoms with E-state index in [1.807, 2.05) is 30.3 Å². The Labute approximate surface area is 150 Å². The van der Waals surface area contributed by atoms with Crippen LogP contribution in [-0.4, -0.2) is 24.5 Å². The molecule has 3 aromatic rings. The Kier molecular flexibility index (Phi) is 5.16. The Balaban J connectivity index is 1.93. The Bertz CT molecular complexity index is 948. The number of sulfonamides is 1. The summed E-state index contributed by atoms with van der Waals surface area (Å²) >= 11 is 5.42. The summed E-state index contributed by atoms with van der Waals surface area (Å²) in [5.41, 5.74) is 1.65. The molecule has 0 saturated heterocycles. The number of benzene rings is 2. The lowest BCUT2D eigenvalue weighted by Crippen LogP contribution is -2.14. The Morgan fingerprint density at radius 1 is 0.960 bits per heavy atom. The van der Waals surface area contributed by atoms with Gasteiger partial charge < -0.3 is 4.74 Å². The third-order valence-electron chi connectivity index (χ3n) is 3.33. The zero-order valence-corrected chi connectivity index (χ0v) is 14.5. The minimum Gasteiger partial charge on any atom is -0.447 e. The minimum atomic E-state index is -3.81. The quantitative estimate of drug-likeness (QED) is 0.666. The van der Waals surface area contributed by atoms with E-state index in [-0.39, 0.29) is 22.7 Å². The number of halogens is 1. The number of aromatic nitrogens is 2. The van der Waals surface area contributed by atoms with E-state index in [4.69, 9.17) is 16.3 Å². The SMILES string of the molecule is O=S(=O)(Nc1cnc(OCCl)nc1)c1ccccc1-c1ccccc1. The molecule has 25 heavy (non-hydrogen) atoms. The summed E-state index contributed by atoms with van der Waals surface area (Å²) < 4.78 is 33.0. The normalized spacial score (nSPS) is 11.1. The van der Waals surface area contributed by atoms with Crippen molar-refractivity contribution in [3.63, 3.8) is 0 Å². The number of nitrogens with one attached hydrogen (secondary N) is 1. The first kappa shape index (κ1) is 17.2. The molecule has 0 radical (unpaired) electrons. The van der Waals surface area contributed by atoms with E-state index in [1.54, 1.807) is 24.3 Å². The number of nitrogens with zero attached hydrogens (tertiary/aromatic N) is 2. The standard InChI is InChI=1S/C17H14ClN3O3S/c18-12-24-17-19-10-14(11-20-17)21-25(22,23)16-9-5-4-8-15(16)13-6-2-1-3-7-13/h1-11,21H,12H2. The van der Waals surface area contributed by atoms with Gasteiger partial charge in [-0.25, -0.2) is 18.4 Å². The molecule has 0 aliphatic rings. The van der Waals surface area contributed by atoms with Crippen LogP contribution in [0.25, 0.3) is 11.1 Å². The maximum absolute atomic E-state index is 12.8. The molecule has 0 bridgehead atoms. The largest absolute Gasteiger partial charge is 0.447 e. The van der Waals surface area contributed by atoms with E-state index in [0.29, 0.717) is 5.56 Å². The predicted molar refractivity (Wildman–Crippen MR) is 96.1 cm³/mol. The van der Waals surface area contributed by atoms with Gasteiger partial charge in [0.05, 0.1) is 23.0 Å². The van der Waals surface area contributed by atoms with Gasteiger partial charge in [-0.1, -0.05) is 60.1 Å². The summed E-state index contributed by atoms with van der Waals surface area (Å²) in [6.45, 7) is 0. The van der Waals surface area contributed by atoms with Gasteiger partial charge in [-0.2, -0.15) is 0 Å². The predicted octanol–water partition coefficient (Wildman–Crippen LogP) is 3.52. The number of ether oxygens (including phenoxy) is 1. The van der Waals surface area contributed by atoms with Crippen LogP contribution in [0.2, 0.25) is 0 Å². The van der Waals surface area contributed by atoms with E-state index >= 15 is 0 Å². The van der Waals surface area contributed by atoms with Crippen molar-refractivity contribution in [1.29, 1.82) is 0 Å². The highest BCUT2D eigenvalue weighted by Crippen LogP contribution is 2.28. The van der Waals surface area contributed by atoms with Crippen LogP contribution in [0.5, 0.6) is 6.01 Å². The zero-order chi connectivity index (χ0) is 17.7. The van der Waals surface area contributed by atoms with Crippen LogP contribution in [0.4, 0.5) is 5.69 Å². The van der Waals surface area contributed by atoms with E-state index < -0.39 is 10.0 Å². The summed E-state index contributed by atoms with van der Waals surface area (Å²) in [5.74, 6) is 0. The average molecular weight is 376 g/mol. The molecule has 128 valence electrons. The fourth-order valence-corrected chi connectivity index (χ4v) is 3.62. The number of hydrogen-bond donors (Lipinski definition) is 1. The average Bonchev–Trinajstić information content (AvgIpc) is 2.64. The van der Waals surface area contributed by atoms with Crippen LogP contribution < -0.4 is 9.46 Å². The van der Waals surface area contributed by atoms with Crippen molar-refractivity contribution in [2.24, 2.45) is 0 Å². The lowest BCUT2D eigenvalue weighted by atomic mass is 10.1. The molecular weight excluding hydrogens is 362 g/mol. The van der Waals surface area contributed by atoms with Crippen LogP contribution in [-0.2, 0) is 10.0 Å². The van der Waals surface area contributed by atoms with E-state index in [2.05, 4.69) is 14.7 Å². The van der Waals surface area contributed by atoms with Gasteiger partial charge in [0.25, 0.3) is 10.0 Å². The Morgan fingerprint density at radius 3 is 2.28 bits per heavy atom. The van der Waals surface area contributed by atoms with Crippen molar-refractivity contribution in [2.45, 2.75) is 4.90 Å². The summed E-state index contributed by atoms with van der Waals surface area (Å²) in [7, 11) is -3.81. The number of rotatable bonds is 6. The lowest BCUT2D eigenvalue weighted by Gasteiger charge is -2.12. The molecule has 1 heterocycles. The molecule has 8 heteroatoms. The van der Waals surface area contributed by atoms with Crippen LogP contribution in [0, 0.1) is 0 Å². The maximum atomic E-state index is 12.8. The first-order valence-electron chi connectivity index (χ1n) is 7.28. The van der Waals surface area contributed by atoms with Crippen LogP contribution in [0.1, 0.15) is 0 Å². The van der Waals surface area contributed by atoms with Gasteiger partial charge in [0.2, 0.25) is 0 Å². The van der Waals surface area contributed by atoms with E-state index in [1.165, 1.54) is 12.4 Å². The number of anilines is 1. The van der Waals surface area contributed by atoms with Crippen LogP contribution in [0.15, 0.2) is 71.9 Å². The van der Waals surface area contributed by atoms with Crippen molar-refractivity contribution >= 4 is 27.3 Å². The second-order valence-electron chi connectivity index (χ2n) is 4.98. The molecular formula is C17H14ClN3O3S. The first-order chi connectivity index (χ1) is 12.1. The molecule has 3 rings (SSSR count). The highest BCUT2D eigenvalue weighted by molar-refractivity contribution is 7.92. The fourth-order valence-electron chi connectivity index (χ4n) is 2.26. The second kappa shape index (κ2) is 7.50. The molecule has 2 aromatic carbocycles. The number of hydrogen-bond acceptors (Lipinski definition) is 5. The smallest absolute Gasteiger partial charge is 0.317 e. The first-order valence-corrected chi connectivity index (χ1v) is 9.30. The Morgan fingerprint density at radius 2 is 1.60 bits per heavy atom. The van der Waals surface area contributed by atoms with Crippen molar-refractivity contribution in [2.75, 3.05) is 10.8 Å². The van der Waals surface area contributed by atoms with Crippen molar-refractivity contribution in [3.8, 4) is 17.1 Å². The molecule has 0 unspecified atom stereocenters. The summed E-state index contributed by atoms with van der Waals surface area (Å²) in [6.07, 6.45) is 2.63. The van der Waals surface area contributed by atoms with Gasteiger partial charge in [0.1, 0.15) is 0 Å². The summed E-state index contributed by atoms with van der Waals surface area (Å²) in [6, 6.07) is 16.1. The van der Waals surface area contributed by atoms with Crippen molar-refractivity contribution < 1.29 is 13.2 Å². The van der Waals surface area contributed by atoms with Gasteiger partial charge >= 0.3 is 6.01 Å². The molecule has 6 nitrogen and oxygen atoms in total.